The molecular formula is C22H24N2O5. The fraction of sp³-hybridized carbons (Fsp3) is 0.318. The van der Waals surface area contributed by atoms with Crippen LogP contribution in [0.5, 0.6) is 0 Å². The minimum Gasteiger partial charge on any atom is -0.480 e. The van der Waals surface area contributed by atoms with E-state index in [2.05, 4.69) is 0 Å². The van der Waals surface area contributed by atoms with Gasteiger partial charge in [0.15, 0.2) is 5.41 Å². The number of benzene rings is 2. The molecule has 0 radical (unpaired) electrons. The quantitative estimate of drug-likeness (QED) is 0.668. The lowest BCUT2D eigenvalue weighted by Crippen LogP contribution is -2.54. The molecule has 1 saturated heterocycles. The number of nitrogens with zero attached hydrogens (tertiary/aromatic N) is 1. The van der Waals surface area contributed by atoms with E-state index >= 15 is 0 Å². The molecule has 1 fully saturated rings. The lowest BCUT2D eigenvalue weighted by molar-refractivity contribution is -0.169. The van der Waals surface area contributed by atoms with Crippen LogP contribution >= 0.6 is 0 Å². The van der Waals surface area contributed by atoms with Crippen molar-refractivity contribution in [3.8, 4) is 11.1 Å². The molecule has 1 heterocycles. The number of carboxylic acids is 2. The van der Waals surface area contributed by atoms with E-state index in [1.54, 1.807) is 24.0 Å². The van der Waals surface area contributed by atoms with Gasteiger partial charge < -0.3 is 20.8 Å². The third kappa shape index (κ3) is 3.86. The van der Waals surface area contributed by atoms with Crippen LogP contribution < -0.4 is 5.73 Å². The number of nitrogens with two attached hydrogens (primary N) is 1. The molecule has 0 aliphatic carbocycles. The Morgan fingerprint density at radius 3 is 1.97 bits per heavy atom. The van der Waals surface area contributed by atoms with E-state index in [0.717, 1.165) is 16.7 Å². The molecule has 1 aliphatic heterocycles. The Morgan fingerprint density at radius 1 is 1.00 bits per heavy atom. The van der Waals surface area contributed by atoms with Crippen molar-refractivity contribution in [2.24, 2.45) is 11.1 Å². The SMILES string of the molecule is CC1CC(C(=O)O)(C(=O)O)CCN1C(=O)c1ccc(-c2ccc(CN)cc2)cc1. The van der Waals surface area contributed by atoms with Gasteiger partial charge in [0.25, 0.3) is 5.91 Å². The van der Waals surface area contributed by atoms with Crippen molar-refractivity contribution >= 4 is 17.8 Å². The molecule has 1 aliphatic rings. The minimum absolute atomic E-state index is 0.0842. The molecule has 1 atom stereocenters. The second kappa shape index (κ2) is 8.05. The van der Waals surface area contributed by atoms with E-state index in [-0.39, 0.29) is 25.3 Å². The smallest absolute Gasteiger partial charge is 0.321 e. The Kier molecular flexibility index (Phi) is 5.70. The molecule has 0 aromatic heterocycles. The highest BCUT2D eigenvalue weighted by Gasteiger charge is 2.51. The van der Waals surface area contributed by atoms with Gasteiger partial charge in [-0.25, -0.2) is 0 Å². The van der Waals surface area contributed by atoms with Crippen molar-refractivity contribution in [1.82, 2.24) is 4.90 Å². The number of hydrogen-bond acceptors (Lipinski definition) is 4. The van der Waals surface area contributed by atoms with Crippen LogP contribution in [-0.2, 0) is 16.1 Å². The summed E-state index contributed by atoms with van der Waals surface area (Å²) in [5, 5.41) is 18.8. The summed E-state index contributed by atoms with van der Waals surface area (Å²) in [5.41, 5.74) is 7.28. The summed E-state index contributed by atoms with van der Waals surface area (Å²) in [4.78, 5) is 37.5. The third-order valence-corrected chi connectivity index (χ3v) is 5.69. The van der Waals surface area contributed by atoms with Crippen molar-refractivity contribution in [3.63, 3.8) is 0 Å². The standard InChI is InChI=1S/C22H24N2O5/c1-14-12-22(20(26)27,21(28)29)10-11-24(14)19(25)18-8-6-17(7-9-18)16-4-2-15(13-23)3-5-16/h2-9,14H,10-13,23H2,1H3,(H,26,27)(H,28,29). The highest BCUT2D eigenvalue weighted by molar-refractivity contribution is 5.99. The van der Waals surface area contributed by atoms with Gasteiger partial charge in [0, 0.05) is 24.7 Å². The normalized spacial score (nSPS) is 18.3. The first-order valence-corrected chi connectivity index (χ1v) is 9.45. The van der Waals surface area contributed by atoms with Gasteiger partial charge in [-0.05, 0) is 48.6 Å². The van der Waals surface area contributed by atoms with Crippen molar-refractivity contribution in [2.45, 2.75) is 32.4 Å². The molecule has 29 heavy (non-hydrogen) atoms. The summed E-state index contributed by atoms with van der Waals surface area (Å²) >= 11 is 0. The molecule has 7 nitrogen and oxygen atoms in total. The van der Waals surface area contributed by atoms with Crippen molar-refractivity contribution in [1.29, 1.82) is 0 Å². The van der Waals surface area contributed by atoms with Crippen LogP contribution in [0.1, 0.15) is 35.7 Å². The van der Waals surface area contributed by atoms with Crippen LogP contribution in [0.3, 0.4) is 0 Å². The predicted molar refractivity (Wildman–Crippen MR) is 107 cm³/mol. The van der Waals surface area contributed by atoms with Crippen LogP contribution in [-0.4, -0.2) is 45.5 Å². The van der Waals surface area contributed by atoms with Crippen LogP contribution in [0.4, 0.5) is 0 Å². The lowest BCUT2D eigenvalue weighted by Gasteiger charge is -2.41. The highest BCUT2D eigenvalue weighted by atomic mass is 16.4. The zero-order chi connectivity index (χ0) is 21.2. The Morgan fingerprint density at radius 2 is 1.52 bits per heavy atom. The average molecular weight is 396 g/mol. The van der Waals surface area contributed by atoms with Gasteiger partial charge in [-0.2, -0.15) is 0 Å². The molecule has 3 rings (SSSR count). The Labute approximate surface area is 168 Å². The third-order valence-electron chi connectivity index (χ3n) is 5.69. The first-order chi connectivity index (χ1) is 13.8. The summed E-state index contributed by atoms with van der Waals surface area (Å²) < 4.78 is 0. The zero-order valence-corrected chi connectivity index (χ0v) is 16.2. The van der Waals surface area contributed by atoms with Crippen molar-refractivity contribution in [2.75, 3.05) is 6.54 Å². The molecule has 0 bridgehead atoms. The van der Waals surface area contributed by atoms with Gasteiger partial charge in [0.2, 0.25) is 0 Å². The second-order valence-electron chi connectivity index (χ2n) is 7.47. The zero-order valence-electron chi connectivity index (χ0n) is 16.2. The van der Waals surface area contributed by atoms with Gasteiger partial charge >= 0.3 is 11.9 Å². The van der Waals surface area contributed by atoms with Gasteiger partial charge in [-0.1, -0.05) is 36.4 Å². The maximum atomic E-state index is 12.9. The summed E-state index contributed by atoms with van der Waals surface area (Å²) in [6.07, 6.45) is -0.228. The molecule has 0 spiro atoms. The number of piperidine rings is 1. The van der Waals surface area contributed by atoms with E-state index in [1.807, 2.05) is 36.4 Å². The summed E-state index contributed by atoms with van der Waals surface area (Å²) in [6, 6.07) is 14.6. The van der Waals surface area contributed by atoms with E-state index in [0.29, 0.717) is 12.1 Å². The maximum Gasteiger partial charge on any atom is 0.321 e. The average Bonchev–Trinajstić information content (AvgIpc) is 2.73. The Bertz CT molecular complexity index is 907. The van der Waals surface area contributed by atoms with E-state index in [4.69, 9.17) is 5.73 Å². The van der Waals surface area contributed by atoms with Gasteiger partial charge in [0.1, 0.15) is 0 Å². The van der Waals surface area contributed by atoms with Crippen LogP contribution in [0.25, 0.3) is 11.1 Å². The fourth-order valence-electron chi connectivity index (χ4n) is 3.83. The Balaban J connectivity index is 1.75. The minimum atomic E-state index is -1.84. The largest absolute Gasteiger partial charge is 0.480 e. The highest BCUT2D eigenvalue weighted by Crippen LogP contribution is 2.36. The monoisotopic (exact) mass is 396 g/mol. The van der Waals surface area contributed by atoms with Crippen molar-refractivity contribution in [3.05, 3.63) is 59.7 Å². The van der Waals surface area contributed by atoms with Gasteiger partial charge in [-0.15, -0.1) is 0 Å². The molecule has 1 amide bonds. The molecule has 152 valence electrons. The van der Waals surface area contributed by atoms with Crippen molar-refractivity contribution < 1.29 is 24.6 Å². The topological polar surface area (TPSA) is 121 Å². The van der Waals surface area contributed by atoms with E-state index in [1.165, 1.54) is 0 Å². The molecule has 2 aromatic rings. The number of carbonyl (C=O) groups excluding carboxylic acids is 1. The molecule has 0 saturated carbocycles. The van der Waals surface area contributed by atoms with Crippen LogP contribution in [0.2, 0.25) is 0 Å². The summed E-state index contributed by atoms with van der Waals surface area (Å²) in [5.74, 6) is -2.94. The number of hydrogen-bond donors (Lipinski definition) is 3. The van der Waals surface area contributed by atoms with E-state index in [9.17, 15) is 24.6 Å². The summed E-state index contributed by atoms with van der Waals surface area (Å²) in [6.45, 7) is 2.25. The van der Waals surface area contributed by atoms with E-state index < -0.39 is 23.4 Å². The number of carboxylic acid groups (broad SMARTS) is 2. The number of amides is 1. The molecule has 2 aromatic carbocycles. The lowest BCUT2D eigenvalue weighted by atomic mass is 9.75. The van der Waals surface area contributed by atoms with Gasteiger partial charge in [-0.3, -0.25) is 14.4 Å². The van der Waals surface area contributed by atoms with Crippen LogP contribution in [0, 0.1) is 5.41 Å². The molecule has 7 heteroatoms. The number of aliphatic carboxylic acids is 2. The predicted octanol–water partition coefficient (Wildman–Crippen LogP) is 2.59. The number of rotatable bonds is 5. The molecular weight excluding hydrogens is 372 g/mol. The first kappa shape index (κ1) is 20.5. The Hall–Kier alpha value is -3.19. The number of carbonyl (C=O) groups is 3. The second-order valence-corrected chi connectivity index (χ2v) is 7.47. The van der Waals surface area contributed by atoms with Crippen LogP contribution in [0.15, 0.2) is 48.5 Å². The fourth-order valence-corrected chi connectivity index (χ4v) is 3.83. The maximum absolute atomic E-state index is 12.9. The number of likely N-dealkylation sites (tertiary alicyclic amines) is 1. The first-order valence-electron chi connectivity index (χ1n) is 9.45. The van der Waals surface area contributed by atoms with Gasteiger partial charge in [0.05, 0.1) is 0 Å². The molecule has 1 unspecified atom stereocenters. The molecule has 4 N–H and O–H groups in total. The summed E-state index contributed by atoms with van der Waals surface area (Å²) in [7, 11) is 0.